The summed E-state index contributed by atoms with van der Waals surface area (Å²) in [6.07, 6.45) is 4.35. The van der Waals surface area contributed by atoms with Crippen LogP contribution in [0.2, 0.25) is 0 Å². The topological polar surface area (TPSA) is 75.3 Å². The maximum absolute atomic E-state index is 12.7. The van der Waals surface area contributed by atoms with E-state index in [4.69, 9.17) is 0 Å². The number of hydrogen-bond donors (Lipinski definition) is 2. The molecule has 0 aromatic heterocycles. The lowest BCUT2D eigenvalue weighted by atomic mass is 9.99. The number of para-hydroxylation sites is 1. The molecule has 1 atom stereocenters. The minimum Gasteiger partial charge on any atom is -0.352 e. The maximum Gasteiger partial charge on any atom is 0.261 e. The Morgan fingerprint density at radius 1 is 1.04 bits per heavy atom. The molecule has 28 heavy (non-hydrogen) atoms. The predicted octanol–water partition coefficient (Wildman–Crippen LogP) is 4.74. The van der Waals surface area contributed by atoms with Gasteiger partial charge in [-0.25, -0.2) is 8.42 Å². The fraction of sp³-hybridized carbons (Fsp3) is 0.409. The highest BCUT2D eigenvalue weighted by Gasteiger charge is 2.19. The number of amides is 1. The van der Waals surface area contributed by atoms with Crippen molar-refractivity contribution in [2.75, 3.05) is 11.3 Å². The summed E-state index contributed by atoms with van der Waals surface area (Å²) in [7, 11) is -3.76. The zero-order chi connectivity index (χ0) is 20.6. The van der Waals surface area contributed by atoms with E-state index in [1.807, 2.05) is 6.92 Å². The van der Waals surface area contributed by atoms with Gasteiger partial charge in [-0.2, -0.15) is 0 Å². The molecule has 0 aliphatic rings. The molecular formula is C22H30N2O3S. The Morgan fingerprint density at radius 3 is 2.36 bits per heavy atom. The van der Waals surface area contributed by atoms with Gasteiger partial charge in [0.25, 0.3) is 15.9 Å². The fourth-order valence-corrected chi connectivity index (χ4v) is 4.05. The number of anilines is 1. The third-order valence-electron chi connectivity index (χ3n) is 4.84. The first-order valence-electron chi connectivity index (χ1n) is 9.84. The molecule has 6 heteroatoms. The maximum atomic E-state index is 12.7. The van der Waals surface area contributed by atoms with Crippen LogP contribution in [0.5, 0.6) is 0 Å². The molecule has 0 aliphatic carbocycles. The highest BCUT2D eigenvalue weighted by Crippen LogP contribution is 2.21. The van der Waals surface area contributed by atoms with Gasteiger partial charge in [-0.3, -0.25) is 9.52 Å². The summed E-state index contributed by atoms with van der Waals surface area (Å²) in [6.45, 7) is 6.76. The molecule has 2 rings (SSSR count). The monoisotopic (exact) mass is 402 g/mol. The zero-order valence-corrected chi connectivity index (χ0v) is 17.7. The van der Waals surface area contributed by atoms with Gasteiger partial charge in [0.15, 0.2) is 0 Å². The van der Waals surface area contributed by atoms with Crippen LogP contribution in [0.3, 0.4) is 0 Å². The number of carbonyl (C=O) groups is 1. The van der Waals surface area contributed by atoms with Gasteiger partial charge in [-0.05, 0) is 43.5 Å². The number of hydrogen-bond acceptors (Lipinski definition) is 3. The molecule has 0 unspecified atom stereocenters. The van der Waals surface area contributed by atoms with Crippen molar-refractivity contribution in [3.05, 3.63) is 59.7 Å². The number of unbranched alkanes of at least 4 members (excludes halogenated alkanes) is 1. The van der Waals surface area contributed by atoms with Crippen LogP contribution in [-0.4, -0.2) is 20.9 Å². The highest BCUT2D eigenvalue weighted by molar-refractivity contribution is 7.92. The van der Waals surface area contributed by atoms with E-state index in [2.05, 4.69) is 23.9 Å². The lowest BCUT2D eigenvalue weighted by Gasteiger charge is -2.17. The largest absolute Gasteiger partial charge is 0.352 e. The first kappa shape index (κ1) is 22.0. The Hall–Kier alpha value is -2.34. The number of carbonyl (C=O) groups excluding carboxylic acids is 1. The Labute approximate surface area is 168 Å². The Kier molecular flexibility index (Phi) is 8.05. The first-order chi connectivity index (χ1) is 13.4. The molecule has 0 bridgehead atoms. The van der Waals surface area contributed by atoms with Gasteiger partial charge in [-0.15, -0.1) is 0 Å². The molecule has 5 nitrogen and oxygen atoms in total. The molecule has 0 saturated carbocycles. The van der Waals surface area contributed by atoms with Gasteiger partial charge in [0.05, 0.1) is 16.1 Å². The van der Waals surface area contributed by atoms with E-state index in [0.717, 1.165) is 31.2 Å². The molecule has 0 radical (unpaired) electrons. The fourth-order valence-electron chi connectivity index (χ4n) is 2.97. The summed E-state index contributed by atoms with van der Waals surface area (Å²) in [5.41, 5.74) is 1.58. The SMILES string of the molecule is CCCC[C@H](CC)CNC(=O)c1ccccc1NS(=O)(=O)c1ccc(C)cc1. The molecule has 2 N–H and O–H groups in total. The summed E-state index contributed by atoms with van der Waals surface area (Å²) >= 11 is 0. The normalized spacial score (nSPS) is 12.4. The summed E-state index contributed by atoms with van der Waals surface area (Å²) in [6, 6.07) is 13.3. The molecule has 2 aromatic rings. The zero-order valence-electron chi connectivity index (χ0n) is 16.9. The van der Waals surface area contributed by atoms with Crippen LogP contribution in [0.15, 0.2) is 53.4 Å². The van der Waals surface area contributed by atoms with E-state index >= 15 is 0 Å². The second kappa shape index (κ2) is 10.3. The number of nitrogens with one attached hydrogen (secondary N) is 2. The van der Waals surface area contributed by atoms with Crippen LogP contribution in [0, 0.1) is 12.8 Å². The van der Waals surface area contributed by atoms with Gasteiger partial charge in [0, 0.05) is 6.54 Å². The molecular weight excluding hydrogens is 372 g/mol. The highest BCUT2D eigenvalue weighted by atomic mass is 32.2. The lowest BCUT2D eigenvalue weighted by Crippen LogP contribution is -2.30. The smallest absolute Gasteiger partial charge is 0.261 e. The van der Waals surface area contributed by atoms with E-state index in [1.165, 1.54) is 0 Å². The van der Waals surface area contributed by atoms with Crippen molar-refractivity contribution >= 4 is 21.6 Å². The average Bonchev–Trinajstić information content (AvgIpc) is 2.68. The summed E-state index contributed by atoms with van der Waals surface area (Å²) in [5, 5.41) is 2.96. The number of rotatable bonds is 10. The predicted molar refractivity (Wildman–Crippen MR) is 114 cm³/mol. The van der Waals surface area contributed by atoms with E-state index in [9.17, 15) is 13.2 Å². The van der Waals surface area contributed by atoms with E-state index in [-0.39, 0.29) is 16.5 Å². The molecule has 2 aromatic carbocycles. The quantitative estimate of drug-likeness (QED) is 0.603. The molecule has 1 amide bonds. The Bertz CT molecular complexity index is 877. The molecule has 0 heterocycles. The third-order valence-corrected chi connectivity index (χ3v) is 6.22. The minimum absolute atomic E-state index is 0.166. The summed E-state index contributed by atoms with van der Waals surface area (Å²) < 4.78 is 27.9. The van der Waals surface area contributed by atoms with Crippen LogP contribution in [0.25, 0.3) is 0 Å². The van der Waals surface area contributed by atoms with Crippen molar-refractivity contribution in [3.63, 3.8) is 0 Å². The van der Waals surface area contributed by atoms with E-state index < -0.39 is 10.0 Å². The van der Waals surface area contributed by atoms with Crippen molar-refractivity contribution in [1.82, 2.24) is 5.32 Å². The average molecular weight is 403 g/mol. The lowest BCUT2D eigenvalue weighted by molar-refractivity contribution is 0.0946. The van der Waals surface area contributed by atoms with Crippen molar-refractivity contribution in [2.24, 2.45) is 5.92 Å². The number of aryl methyl sites for hydroxylation is 1. The number of sulfonamides is 1. The number of benzene rings is 2. The molecule has 0 spiro atoms. The van der Waals surface area contributed by atoms with Gasteiger partial charge < -0.3 is 5.32 Å². The van der Waals surface area contributed by atoms with Crippen LogP contribution in [0.4, 0.5) is 5.69 Å². The van der Waals surface area contributed by atoms with Gasteiger partial charge >= 0.3 is 0 Å². The molecule has 152 valence electrons. The van der Waals surface area contributed by atoms with Gasteiger partial charge in [0.2, 0.25) is 0 Å². The van der Waals surface area contributed by atoms with Gasteiger partial charge in [-0.1, -0.05) is 62.9 Å². The summed E-state index contributed by atoms with van der Waals surface area (Å²) in [4.78, 5) is 12.8. The second-order valence-corrected chi connectivity index (χ2v) is 8.77. The van der Waals surface area contributed by atoms with Crippen LogP contribution < -0.4 is 10.0 Å². The van der Waals surface area contributed by atoms with Crippen molar-refractivity contribution in [3.8, 4) is 0 Å². The van der Waals surface area contributed by atoms with Crippen LogP contribution >= 0.6 is 0 Å². The first-order valence-corrected chi connectivity index (χ1v) is 11.3. The van der Waals surface area contributed by atoms with E-state index in [1.54, 1.807) is 48.5 Å². The Morgan fingerprint density at radius 2 is 1.71 bits per heavy atom. The van der Waals surface area contributed by atoms with E-state index in [0.29, 0.717) is 18.0 Å². The van der Waals surface area contributed by atoms with Crippen molar-refractivity contribution in [2.45, 2.75) is 51.3 Å². The van der Waals surface area contributed by atoms with Gasteiger partial charge in [0.1, 0.15) is 0 Å². The standard InChI is InChI=1S/C22H30N2O3S/c1-4-6-9-18(5-2)16-23-22(25)20-10-7-8-11-21(20)24-28(26,27)19-14-12-17(3)13-15-19/h7-8,10-15,18,24H,4-6,9,16H2,1-3H3,(H,23,25)/t18-/m0/s1. The van der Waals surface area contributed by atoms with Crippen molar-refractivity contribution in [1.29, 1.82) is 0 Å². The summed E-state index contributed by atoms with van der Waals surface area (Å²) in [5.74, 6) is 0.164. The van der Waals surface area contributed by atoms with Crippen LogP contribution in [-0.2, 0) is 10.0 Å². The van der Waals surface area contributed by atoms with Crippen molar-refractivity contribution < 1.29 is 13.2 Å². The van der Waals surface area contributed by atoms with Crippen LogP contribution in [0.1, 0.15) is 55.5 Å². The second-order valence-electron chi connectivity index (χ2n) is 7.09. The Balaban J connectivity index is 2.13. The minimum atomic E-state index is -3.76. The molecule has 0 aliphatic heterocycles. The molecule has 0 fully saturated rings. The third kappa shape index (κ3) is 6.09. The molecule has 0 saturated heterocycles.